The van der Waals surface area contributed by atoms with Crippen molar-refractivity contribution in [1.29, 1.82) is 0 Å². The molecule has 1 fully saturated rings. The Labute approximate surface area is 140 Å². The Balaban J connectivity index is 1.92. The molecule has 126 valence electrons. The Morgan fingerprint density at radius 3 is 2.54 bits per heavy atom. The van der Waals surface area contributed by atoms with Crippen LogP contribution in [0, 0.1) is 24.0 Å². The minimum atomic E-state index is -0.355. The molecule has 6 nitrogen and oxygen atoms in total. The van der Waals surface area contributed by atoms with Crippen LogP contribution in [0.2, 0.25) is 0 Å². The molecule has 1 aliphatic rings. The van der Waals surface area contributed by atoms with Crippen molar-refractivity contribution in [3.8, 4) is 11.5 Å². The minimum absolute atomic E-state index is 0.0879. The van der Waals surface area contributed by atoms with Gasteiger partial charge in [0.2, 0.25) is 0 Å². The largest absolute Gasteiger partial charge is 0.457 e. The van der Waals surface area contributed by atoms with E-state index in [0.29, 0.717) is 37.7 Å². The molecule has 1 saturated heterocycles. The Bertz CT molecular complexity index is 755. The molecule has 0 atom stereocenters. The summed E-state index contributed by atoms with van der Waals surface area (Å²) in [5.74, 6) is 1.34. The minimum Gasteiger partial charge on any atom is -0.457 e. The second-order valence-electron chi connectivity index (χ2n) is 5.88. The van der Waals surface area contributed by atoms with Gasteiger partial charge < -0.3 is 14.4 Å². The van der Waals surface area contributed by atoms with Crippen molar-refractivity contribution in [2.45, 2.75) is 13.8 Å². The number of nitro benzene ring substituents is 1. The third-order valence-electron chi connectivity index (χ3n) is 4.05. The fraction of sp³-hybridized carbons (Fsp3) is 0.333. The van der Waals surface area contributed by atoms with Crippen LogP contribution in [-0.4, -0.2) is 31.2 Å². The zero-order valence-electron chi connectivity index (χ0n) is 13.8. The molecule has 0 saturated carbocycles. The van der Waals surface area contributed by atoms with Crippen LogP contribution in [0.4, 0.5) is 11.4 Å². The average Bonchev–Trinajstić information content (AvgIpc) is 2.58. The molecule has 0 N–H and O–H groups in total. The third kappa shape index (κ3) is 3.49. The summed E-state index contributed by atoms with van der Waals surface area (Å²) in [5, 5.41) is 11.3. The normalized spacial score (nSPS) is 14.5. The van der Waals surface area contributed by atoms with Gasteiger partial charge in [-0.25, -0.2) is 0 Å². The number of anilines is 1. The Morgan fingerprint density at radius 2 is 1.88 bits per heavy atom. The van der Waals surface area contributed by atoms with E-state index in [2.05, 4.69) is 0 Å². The number of nitro groups is 1. The molecular formula is C18H20N2O4. The first-order valence-electron chi connectivity index (χ1n) is 7.91. The molecule has 1 aliphatic heterocycles. The molecule has 0 radical (unpaired) electrons. The van der Waals surface area contributed by atoms with Gasteiger partial charge in [0.1, 0.15) is 17.2 Å². The highest BCUT2D eigenvalue weighted by Crippen LogP contribution is 2.35. The van der Waals surface area contributed by atoms with Crippen molar-refractivity contribution >= 4 is 11.4 Å². The molecule has 24 heavy (non-hydrogen) atoms. The van der Waals surface area contributed by atoms with E-state index < -0.39 is 0 Å². The van der Waals surface area contributed by atoms with Crippen molar-refractivity contribution < 1.29 is 14.4 Å². The van der Waals surface area contributed by atoms with Crippen LogP contribution in [0.15, 0.2) is 36.4 Å². The maximum absolute atomic E-state index is 11.3. The monoisotopic (exact) mass is 328 g/mol. The zero-order valence-corrected chi connectivity index (χ0v) is 13.8. The summed E-state index contributed by atoms with van der Waals surface area (Å²) in [6, 6.07) is 10.8. The number of nitrogens with zero attached hydrogens (tertiary/aromatic N) is 2. The van der Waals surface area contributed by atoms with E-state index in [0.717, 1.165) is 16.9 Å². The number of aryl methyl sites for hydroxylation is 2. The second kappa shape index (κ2) is 6.88. The number of benzene rings is 2. The fourth-order valence-electron chi connectivity index (χ4n) is 2.82. The second-order valence-corrected chi connectivity index (χ2v) is 5.88. The van der Waals surface area contributed by atoms with Crippen LogP contribution >= 0.6 is 0 Å². The first-order valence-corrected chi connectivity index (χ1v) is 7.91. The molecule has 0 aromatic heterocycles. The first-order chi connectivity index (χ1) is 11.5. The quantitative estimate of drug-likeness (QED) is 0.630. The number of ether oxygens (including phenoxy) is 2. The van der Waals surface area contributed by atoms with E-state index in [1.165, 1.54) is 6.07 Å². The summed E-state index contributed by atoms with van der Waals surface area (Å²) in [5.41, 5.74) is 2.86. The molecule has 0 amide bonds. The van der Waals surface area contributed by atoms with Crippen LogP contribution < -0.4 is 9.64 Å². The molecule has 2 aromatic carbocycles. The predicted molar refractivity (Wildman–Crippen MR) is 92.1 cm³/mol. The van der Waals surface area contributed by atoms with E-state index in [1.807, 2.05) is 36.9 Å². The summed E-state index contributed by atoms with van der Waals surface area (Å²) in [6.45, 7) is 6.41. The number of morpholine rings is 1. The van der Waals surface area contributed by atoms with Crippen molar-refractivity contribution in [2.75, 3.05) is 31.2 Å². The summed E-state index contributed by atoms with van der Waals surface area (Å²) in [7, 11) is 0. The third-order valence-corrected chi connectivity index (χ3v) is 4.05. The highest BCUT2D eigenvalue weighted by Gasteiger charge is 2.22. The van der Waals surface area contributed by atoms with Crippen LogP contribution in [0.1, 0.15) is 11.1 Å². The lowest BCUT2D eigenvalue weighted by molar-refractivity contribution is -0.384. The lowest BCUT2D eigenvalue weighted by Gasteiger charge is -2.28. The Kier molecular flexibility index (Phi) is 4.66. The summed E-state index contributed by atoms with van der Waals surface area (Å²) in [4.78, 5) is 12.9. The van der Waals surface area contributed by atoms with Crippen LogP contribution in [0.5, 0.6) is 11.5 Å². The Hall–Kier alpha value is -2.60. The van der Waals surface area contributed by atoms with Gasteiger partial charge in [-0.1, -0.05) is 17.7 Å². The molecule has 2 aromatic rings. The average molecular weight is 328 g/mol. The summed E-state index contributed by atoms with van der Waals surface area (Å²) < 4.78 is 11.3. The molecule has 1 heterocycles. The van der Waals surface area contributed by atoms with E-state index in [-0.39, 0.29) is 10.6 Å². The van der Waals surface area contributed by atoms with Crippen molar-refractivity contribution in [3.63, 3.8) is 0 Å². The predicted octanol–water partition coefficient (Wildman–Crippen LogP) is 3.84. The van der Waals surface area contributed by atoms with Crippen molar-refractivity contribution in [2.24, 2.45) is 0 Å². The molecular weight excluding hydrogens is 308 g/mol. The van der Waals surface area contributed by atoms with Gasteiger partial charge in [-0.3, -0.25) is 10.1 Å². The molecule has 6 heteroatoms. The fourth-order valence-corrected chi connectivity index (χ4v) is 2.82. The van der Waals surface area contributed by atoms with E-state index in [1.54, 1.807) is 12.1 Å². The molecule has 0 unspecified atom stereocenters. The lowest BCUT2D eigenvalue weighted by atomic mass is 10.1. The molecule has 3 rings (SSSR count). The summed E-state index contributed by atoms with van der Waals surface area (Å²) in [6.07, 6.45) is 0. The number of hydrogen-bond donors (Lipinski definition) is 0. The van der Waals surface area contributed by atoms with Crippen molar-refractivity contribution in [1.82, 2.24) is 0 Å². The number of hydrogen-bond acceptors (Lipinski definition) is 5. The maximum Gasteiger partial charge on any atom is 0.292 e. The van der Waals surface area contributed by atoms with E-state index in [9.17, 15) is 10.1 Å². The lowest BCUT2D eigenvalue weighted by Crippen LogP contribution is -2.36. The Morgan fingerprint density at radius 1 is 1.12 bits per heavy atom. The number of rotatable bonds is 4. The topological polar surface area (TPSA) is 64.8 Å². The van der Waals surface area contributed by atoms with Gasteiger partial charge in [0.15, 0.2) is 0 Å². The van der Waals surface area contributed by atoms with Crippen LogP contribution in [0.3, 0.4) is 0 Å². The van der Waals surface area contributed by atoms with Gasteiger partial charge in [0.05, 0.1) is 18.1 Å². The van der Waals surface area contributed by atoms with Gasteiger partial charge in [-0.15, -0.1) is 0 Å². The van der Waals surface area contributed by atoms with E-state index in [4.69, 9.17) is 9.47 Å². The van der Waals surface area contributed by atoms with Gasteiger partial charge >= 0.3 is 0 Å². The standard InChI is InChI=1S/C18H20N2O4/c1-13-3-6-18(14(2)11-13)24-15-4-5-16(20(21)22)17(12-15)19-7-9-23-10-8-19/h3-6,11-12H,7-10H2,1-2H3. The van der Waals surface area contributed by atoms with Gasteiger partial charge in [0.25, 0.3) is 5.69 Å². The van der Waals surface area contributed by atoms with Crippen LogP contribution in [0.25, 0.3) is 0 Å². The highest BCUT2D eigenvalue weighted by atomic mass is 16.6. The molecule has 0 aliphatic carbocycles. The molecule has 0 spiro atoms. The molecule has 0 bridgehead atoms. The van der Waals surface area contributed by atoms with Crippen LogP contribution in [-0.2, 0) is 4.74 Å². The smallest absolute Gasteiger partial charge is 0.292 e. The SMILES string of the molecule is Cc1ccc(Oc2ccc([N+](=O)[O-])c(N3CCOCC3)c2)c(C)c1. The zero-order chi connectivity index (χ0) is 17.1. The van der Waals surface area contributed by atoms with Gasteiger partial charge in [0, 0.05) is 25.2 Å². The highest BCUT2D eigenvalue weighted by molar-refractivity contribution is 5.66. The summed E-state index contributed by atoms with van der Waals surface area (Å²) >= 11 is 0. The van der Waals surface area contributed by atoms with Crippen molar-refractivity contribution in [3.05, 3.63) is 57.6 Å². The first kappa shape index (κ1) is 16.3. The van der Waals surface area contributed by atoms with Gasteiger partial charge in [-0.2, -0.15) is 0 Å². The maximum atomic E-state index is 11.3. The van der Waals surface area contributed by atoms with Gasteiger partial charge in [-0.05, 0) is 31.5 Å². The van der Waals surface area contributed by atoms with E-state index >= 15 is 0 Å².